The maximum atomic E-state index is 12.7. The van der Waals surface area contributed by atoms with Crippen LogP contribution in [0.4, 0.5) is 5.69 Å². The molecule has 0 saturated carbocycles. The van der Waals surface area contributed by atoms with Gasteiger partial charge in [-0.25, -0.2) is 9.83 Å². The van der Waals surface area contributed by atoms with E-state index in [0.29, 0.717) is 22.5 Å². The number of nitrogens with zero attached hydrogens (tertiary/aromatic N) is 5. The molecule has 1 aliphatic heterocycles. The van der Waals surface area contributed by atoms with Gasteiger partial charge >= 0.3 is 0 Å². The lowest BCUT2D eigenvalue weighted by atomic mass is 10.1. The molecule has 29 heavy (non-hydrogen) atoms. The van der Waals surface area contributed by atoms with Crippen molar-refractivity contribution in [3.63, 3.8) is 0 Å². The Hall–Kier alpha value is -3.37. The fourth-order valence-corrected chi connectivity index (χ4v) is 3.75. The molecule has 0 bridgehead atoms. The van der Waals surface area contributed by atoms with Gasteiger partial charge in [0.05, 0.1) is 23.8 Å². The maximum absolute atomic E-state index is 12.7. The quantitative estimate of drug-likeness (QED) is 0.450. The Labute approximate surface area is 173 Å². The average Bonchev–Trinajstić information content (AvgIpc) is 3.36. The van der Waals surface area contributed by atoms with Crippen LogP contribution in [0.1, 0.15) is 29.6 Å². The SMILES string of the molecule is Cl.[C-]#[N+]c1ccc2ncc(-c3noc4cc(C(=O)N5CCCCC5)ccc34)n2c1. The summed E-state index contributed by atoms with van der Waals surface area (Å²) in [6.07, 6.45) is 6.75. The van der Waals surface area contributed by atoms with Crippen molar-refractivity contribution in [2.45, 2.75) is 19.3 Å². The Morgan fingerprint density at radius 2 is 1.97 bits per heavy atom. The van der Waals surface area contributed by atoms with Gasteiger partial charge in [-0.3, -0.25) is 4.79 Å². The predicted molar refractivity (Wildman–Crippen MR) is 111 cm³/mol. The number of halogens is 1. The van der Waals surface area contributed by atoms with Crippen molar-refractivity contribution in [2.75, 3.05) is 13.1 Å². The van der Waals surface area contributed by atoms with Crippen LogP contribution in [0.2, 0.25) is 0 Å². The van der Waals surface area contributed by atoms with Gasteiger partial charge in [-0.15, -0.1) is 12.4 Å². The van der Waals surface area contributed by atoms with Gasteiger partial charge in [-0.1, -0.05) is 11.2 Å². The first kappa shape index (κ1) is 19.0. The highest BCUT2D eigenvalue weighted by molar-refractivity contribution is 6.00. The van der Waals surface area contributed by atoms with Crippen LogP contribution in [0.25, 0.3) is 32.8 Å². The summed E-state index contributed by atoms with van der Waals surface area (Å²) < 4.78 is 7.36. The Morgan fingerprint density at radius 3 is 2.76 bits per heavy atom. The highest BCUT2D eigenvalue weighted by Gasteiger charge is 2.21. The highest BCUT2D eigenvalue weighted by Crippen LogP contribution is 2.30. The number of aromatic nitrogens is 3. The van der Waals surface area contributed by atoms with Crippen LogP contribution in [-0.2, 0) is 0 Å². The second kappa shape index (κ2) is 7.57. The molecule has 0 radical (unpaired) electrons. The van der Waals surface area contributed by atoms with Crippen LogP contribution in [-0.4, -0.2) is 38.4 Å². The van der Waals surface area contributed by atoms with Crippen LogP contribution in [0.15, 0.2) is 47.2 Å². The van der Waals surface area contributed by atoms with Gasteiger partial charge in [0.15, 0.2) is 5.58 Å². The summed E-state index contributed by atoms with van der Waals surface area (Å²) in [4.78, 5) is 22.5. The number of hydrogen-bond donors (Lipinski definition) is 0. The number of hydrogen-bond acceptors (Lipinski definition) is 4. The number of fused-ring (bicyclic) bond motifs is 2. The molecule has 1 fully saturated rings. The Kier molecular flexibility index (Phi) is 4.95. The molecule has 0 aliphatic carbocycles. The molecule has 4 aromatic rings. The lowest BCUT2D eigenvalue weighted by Crippen LogP contribution is -2.35. The zero-order valence-corrected chi connectivity index (χ0v) is 16.4. The Bertz CT molecular complexity index is 1250. The molecule has 3 aromatic heterocycles. The number of rotatable bonds is 2. The van der Waals surface area contributed by atoms with Crippen molar-refractivity contribution < 1.29 is 9.32 Å². The monoisotopic (exact) mass is 407 g/mol. The van der Waals surface area contributed by atoms with E-state index in [1.54, 1.807) is 30.6 Å². The van der Waals surface area contributed by atoms with Crippen LogP contribution in [0, 0.1) is 6.57 Å². The van der Waals surface area contributed by atoms with E-state index < -0.39 is 0 Å². The summed E-state index contributed by atoms with van der Waals surface area (Å²) in [5.74, 6) is 0.0380. The third-order valence-corrected chi connectivity index (χ3v) is 5.22. The summed E-state index contributed by atoms with van der Waals surface area (Å²) in [6, 6.07) is 8.99. The second-order valence-electron chi connectivity index (χ2n) is 6.97. The maximum Gasteiger partial charge on any atom is 0.253 e. The fraction of sp³-hybridized carbons (Fsp3) is 0.238. The summed E-state index contributed by atoms with van der Waals surface area (Å²) in [6.45, 7) is 8.84. The third kappa shape index (κ3) is 3.22. The smallest absolute Gasteiger partial charge is 0.253 e. The minimum Gasteiger partial charge on any atom is -0.356 e. The molecule has 0 unspecified atom stereocenters. The summed E-state index contributed by atoms with van der Waals surface area (Å²) in [7, 11) is 0. The van der Waals surface area contributed by atoms with Gasteiger partial charge in [-0.05, 0) is 43.5 Å². The zero-order valence-electron chi connectivity index (χ0n) is 15.5. The first-order valence-corrected chi connectivity index (χ1v) is 9.28. The van der Waals surface area contributed by atoms with Gasteiger partial charge < -0.3 is 13.8 Å². The van der Waals surface area contributed by atoms with E-state index in [2.05, 4.69) is 15.0 Å². The van der Waals surface area contributed by atoms with Gasteiger partial charge in [0.25, 0.3) is 5.91 Å². The van der Waals surface area contributed by atoms with E-state index in [4.69, 9.17) is 11.1 Å². The molecule has 5 rings (SSSR count). The molecule has 1 saturated heterocycles. The summed E-state index contributed by atoms with van der Waals surface area (Å²) in [5.41, 5.74) is 3.82. The Morgan fingerprint density at radius 1 is 1.14 bits per heavy atom. The molecule has 1 aliphatic rings. The number of benzene rings is 1. The molecule has 8 heteroatoms. The third-order valence-electron chi connectivity index (χ3n) is 5.22. The van der Waals surface area contributed by atoms with E-state index in [1.807, 2.05) is 21.4 Å². The average molecular weight is 408 g/mol. The molecule has 0 atom stereocenters. The summed E-state index contributed by atoms with van der Waals surface area (Å²) >= 11 is 0. The molecule has 1 aromatic carbocycles. The molecule has 4 heterocycles. The van der Waals surface area contributed by atoms with E-state index >= 15 is 0 Å². The number of imidazole rings is 1. The van der Waals surface area contributed by atoms with Crippen LogP contribution < -0.4 is 0 Å². The highest BCUT2D eigenvalue weighted by atomic mass is 35.5. The lowest BCUT2D eigenvalue weighted by Gasteiger charge is -2.26. The minimum absolute atomic E-state index is 0. The van der Waals surface area contributed by atoms with E-state index in [0.717, 1.165) is 42.7 Å². The molecule has 1 amide bonds. The number of likely N-dealkylation sites (tertiary alicyclic amines) is 1. The van der Waals surface area contributed by atoms with E-state index in [9.17, 15) is 4.79 Å². The van der Waals surface area contributed by atoms with Gasteiger partial charge in [0.1, 0.15) is 11.3 Å². The van der Waals surface area contributed by atoms with Crippen LogP contribution in [0.5, 0.6) is 0 Å². The molecule has 146 valence electrons. The van der Waals surface area contributed by atoms with Crippen molar-refractivity contribution in [3.05, 3.63) is 59.7 Å². The van der Waals surface area contributed by atoms with E-state index in [-0.39, 0.29) is 18.3 Å². The summed E-state index contributed by atoms with van der Waals surface area (Å²) in [5, 5.41) is 5.03. The standard InChI is InChI=1S/C21H17N5O2.ClH/c1-22-15-6-8-19-23-12-17(26(19)13-15)20-16-7-5-14(11-18(16)28-24-20)21(27)25-9-3-2-4-10-25;/h5-8,11-13H,2-4,9-10H2;1H. The van der Waals surface area contributed by atoms with Gasteiger partial charge in [0, 0.05) is 24.8 Å². The molecule has 0 N–H and O–H groups in total. The Balaban J connectivity index is 0.00000205. The number of piperidine rings is 1. The second-order valence-corrected chi connectivity index (χ2v) is 6.97. The van der Waals surface area contributed by atoms with Crippen molar-refractivity contribution in [2.24, 2.45) is 0 Å². The molecule has 0 spiro atoms. The molecular weight excluding hydrogens is 390 g/mol. The van der Waals surface area contributed by atoms with E-state index in [1.165, 1.54) is 6.42 Å². The number of carbonyl (C=O) groups excluding carboxylic acids is 1. The van der Waals surface area contributed by atoms with Crippen molar-refractivity contribution in [3.8, 4) is 11.4 Å². The fourth-order valence-electron chi connectivity index (χ4n) is 3.75. The lowest BCUT2D eigenvalue weighted by molar-refractivity contribution is 0.0724. The first-order valence-electron chi connectivity index (χ1n) is 9.28. The number of pyridine rings is 1. The number of carbonyl (C=O) groups is 1. The normalized spacial score (nSPS) is 14.0. The molecule has 7 nitrogen and oxygen atoms in total. The molecular formula is C21H18ClN5O2. The first-order chi connectivity index (χ1) is 13.7. The predicted octanol–water partition coefficient (Wildman–Crippen LogP) is 4.74. The van der Waals surface area contributed by atoms with Gasteiger partial charge in [-0.2, -0.15) is 0 Å². The van der Waals surface area contributed by atoms with Crippen LogP contribution >= 0.6 is 12.4 Å². The topological polar surface area (TPSA) is 68.0 Å². The van der Waals surface area contributed by atoms with Crippen molar-refractivity contribution in [1.29, 1.82) is 0 Å². The number of amides is 1. The van der Waals surface area contributed by atoms with Gasteiger partial charge in [0.2, 0.25) is 5.69 Å². The largest absolute Gasteiger partial charge is 0.356 e. The zero-order chi connectivity index (χ0) is 19.1. The van der Waals surface area contributed by atoms with Crippen molar-refractivity contribution >= 4 is 40.6 Å². The van der Waals surface area contributed by atoms with Crippen molar-refractivity contribution in [1.82, 2.24) is 19.4 Å². The van der Waals surface area contributed by atoms with Crippen LogP contribution in [0.3, 0.4) is 0 Å². The minimum atomic E-state index is 0.